The molecule has 0 N–H and O–H groups in total. The zero-order chi connectivity index (χ0) is 40.5. The highest BCUT2D eigenvalue weighted by Crippen LogP contribution is 2.61. The summed E-state index contributed by atoms with van der Waals surface area (Å²) in [5.41, 5.74) is 15.9. The van der Waals surface area contributed by atoms with Crippen LogP contribution in [0, 0.1) is 0 Å². The minimum atomic E-state index is -0.548. The second-order valence-corrected chi connectivity index (χ2v) is 19.2. The normalized spacial score (nSPS) is 13.4. The molecule has 1 aliphatic rings. The number of thiophene rings is 1. The molecule has 288 valence electrons. The Morgan fingerprint density at radius 3 is 1.51 bits per heavy atom. The summed E-state index contributed by atoms with van der Waals surface area (Å²) in [5.74, 6) is 0. The highest BCUT2D eigenvalue weighted by molar-refractivity contribution is 7.26. The molecule has 0 atom stereocenters. The van der Waals surface area contributed by atoms with Crippen LogP contribution >= 0.6 is 11.3 Å². The van der Waals surface area contributed by atoms with Gasteiger partial charge in [0.1, 0.15) is 0 Å². The lowest BCUT2D eigenvalue weighted by molar-refractivity contribution is 0.590. The quantitative estimate of drug-likeness (QED) is 0.162. The number of fused-ring (bicyclic) bond motifs is 7. The molecule has 1 heterocycles. The minimum Gasteiger partial charge on any atom is -0.309 e. The second kappa shape index (κ2) is 14.0. The van der Waals surface area contributed by atoms with E-state index in [0.29, 0.717) is 0 Å². The molecule has 1 aromatic heterocycles. The van der Waals surface area contributed by atoms with Crippen LogP contribution in [0.5, 0.6) is 0 Å². The molecular weight excluding hydrogens is 731 g/mol. The van der Waals surface area contributed by atoms with Crippen molar-refractivity contribution >= 4 is 48.6 Å². The Morgan fingerprint density at radius 1 is 0.458 bits per heavy atom. The van der Waals surface area contributed by atoms with E-state index in [9.17, 15) is 0 Å². The van der Waals surface area contributed by atoms with E-state index in [0.717, 1.165) is 11.4 Å². The number of anilines is 3. The summed E-state index contributed by atoms with van der Waals surface area (Å²) in [6.07, 6.45) is 0. The molecule has 0 bridgehead atoms. The first-order valence-corrected chi connectivity index (χ1v) is 21.7. The Labute approximate surface area is 353 Å². The molecular formula is C57H49NS. The van der Waals surface area contributed by atoms with Crippen molar-refractivity contribution in [3.05, 3.63) is 221 Å². The highest BCUT2D eigenvalue weighted by Gasteiger charge is 2.47. The molecule has 0 fully saturated rings. The Hall–Kier alpha value is -6.22. The van der Waals surface area contributed by atoms with Crippen LogP contribution in [-0.4, -0.2) is 0 Å². The summed E-state index contributed by atoms with van der Waals surface area (Å²) in [6, 6.07) is 70.6. The predicted molar refractivity (Wildman–Crippen MR) is 254 cm³/mol. The van der Waals surface area contributed by atoms with Crippen molar-refractivity contribution in [1.82, 2.24) is 0 Å². The topological polar surface area (TPSA) is 3.24 Å². The van der Waals surface area contributed by atoms with Crippen molar-refractivity contribution < 1.29 is 0 Å². The second-order valence-electron chi connectivity index (χ2n) is 18.2. The first kappa shape index (κ1) is 37.1. The summed E-state index contributed by atoms with van der Waals surface area (Å²) in [7, 11) is 0. The van der Waals surface area contributed by atoms with Gasteiger partial charge in [-0.3, -0.25) is 0 Å². The van der Waals surface area contributed by atoms with E-state index in [1.165, 1.54) is 81.5 Å². The lowest BCUT2D eigenvalue weighted by Crippen LogP contribution is -2.28. The number of hydrogen-bond acceptors (Lipinski definition) is 2. The largest absolute Gasteiger partial charge is 0.309 e. The molecule has 0 amide bonds. The Balaban J connectivity index is 1.36. The van der Waals surface area contributed by atoms with Gasteiger partial charge in [-0.1, -0.05) is 193 Å². The lowest BCUT2D eigenvalue weighted by atomic mass is 9.67. The smallest absolute Gasteiger partial charge is 0.0714 e. The Morgan fingerprint density at radius 2 is 0.966 bits per heavy atom. The van der Waals surface area contributed by atoms with Crippen molar-refractivity contribution in [2.75, 3.05) is 4.90 Å². The van der Waals surface area contributed by atoms with Crippen LogP contribution in [0.4, 0.5) is 17.1 Å². The van der Waals surface area contributed by atoms with Gasteiger partial charge in [-0.2, -0.15) is 0 Å². The molecule has 1 nitrogen and oxygen atoms in total. The fourth-order valence-corrected chi connectivity index (χ4v) is 10.7. The van der Waals surface area contributed by atoms with Crippen molar-refractivity contribution in [3.63, 3.8) is 0 Å². The average molecular weight is 780 g/mol. The molecule has 0 saturated heterocycles. The van der Waals surface area contributed by atoms with Crippen LogP contribution in [0.25, 0.3) is 42.4 Å². The van der Waals surface area contributed by atoms with Crippen molar-refractivity contribution in [2.45, 2.75) is 57.8 Å². The van der Waals surface area contributed by atoms with Gasteiger partial charge >= 0.3 is 0 Å². The highest BCUT2D eigenvalue weighted by atomic mass is 32.1. The van der Waals surface area contributed by atoms with Gasteiger partial charge in [-0.05, 0) is 103 Å². The number of benzene rings is 8. The summed E-state index contributed by atoms with van der Waals surface area (Å²) in [4.78, 5) is 2.53. The van der Waals surface area contributed by atoms with E-state index in [2.05, 4.69) is 234 Å². The van der Waals surface area contributed by atoms with E-state index in [1.807, 2.05) is 11.3 Å². The van der Waals surface area contributed by atoms with Crippen LogP contribution in [0.2, 0.25) is 0 Å². The molecule has 0 aliphatic heterocycles. The van der Waals surface area contributed by atoms with Gasteiger partial charge in [0.2, 0.25) is 0 Å². The number of nitrogens with zero attached hydrogens (tertiary/aromatic N) is 1. The van der Waals surface area contributed by atoms with E-state index in [4.69, 9.17) is 0 Å². The van der Waals surface area contributed by atoms with E-state index in [-0.39, 0.29) is 10.8 Å². The maximum Gasteiger partial charge on any atom is 0.0714 e. The summed E-state index contributed by atoms with van der Waals surface area (Å²) in [6.45, 7) is 13.8. The first-order chi connectivity index (χ1) is 28.5. The van der Waals surface area contributed by atoms with Crippen molar-refractivity contribution in [1.29, 1.82) is 0 Å². The van der Waals surface area contributed by atoms with Gasteiger partial charge in [0.25, 0.3) is 0 Å². The molecule has 59 heavy (non-hydrogen) atoms. The van der Waals surface area contributed by atoms with Crippen LogP contribution in [0.1, 0.15) is 74.9 Å². The molecule has 0 spiro atoms. The molecule has 0 radical (unpaired) electrons. The summed E-state index contributed by atoms with van der Waals surface area (Å²) >= 11 is 1.92. The van der Waals surface area contributed by atoms with E-state index < -0.39 is 5.41 Å². The third-order valence-corrected chi connectivity index (χ3v) is 13.6. The van der Waals surface area contributed by atoms with Gasteiger partial charge in [-0.25, -0.2) is 0 Å². The third kappa shape index (κ3) is 6.04. The fourth-order valence-electron chi connectivity index (χ4n) is 9.47. The SMILES string of the molecule is CC(C)(C)c1ccc(N(c2ccc(C(C)(C)C)cc2)c2cc3c(c4c2sc2cc(-c5ccccc5)ccc24)-c2ccccc2C3(c2ccccc2)c2ccccc2)cc1. The van der Waals surface area contributed by atoms with Gasteiger partial charge in [0.15, 0.2) is 0 Å². The minimum absolute atomic E-state index is 0.0389. The Bertz CT molecular complexity index is 2870. The average Bonchev–Trinajstić information content (AvgIpc) is 3.78. The number of hydrogen-bond donors (Lipinski definition) is 0. The van der Waals surface area contributed by atoms with Gasteiger partial charge in [0.05, 0.1) is 15.8 Å². The third-order valence-electron chi connectivity index (χ3n) is 12.5. The van der Waals surface area contributed by atoms with E-state index >= 15 is 0 Å². The van der Waals surface area contributed by atoms with Crippen LogP contribution in [0.15, 0.2) is 188 Å². The molecule has 1 aliphatic carbocycles. The van der Waals surface area contributed by atoms with Gasteiger partial charge < -0.3 is 4.90 Å². The summed E-state index contributed by atoms with van der Waals surface area (Å²) < 4.78 is 2.58. The molecule has 9 aromatic rings. The molecule has 0 unspecified atom stereocenters. The summed E-state index contributed by atoms with van der Waals surface area (Å²) in [5, 5.41) is 2.61. The van der Waals surface area contributed by atoms with Crippen molar-refractivity contribution in [2.24, 2.45) is 0 Å². The van der Waals surface area contributed by atoms with Crippen LogP contribution < -0.4 is 4.90 Å². The molecule has 0 saturated carbocycles. The number of rotatable bonds is 6. The van der Waals surface area contributed by atoms with Gasteiger partial charge in [0, 0.05) is 26.8 Å². The van der Waals surface area contributed by atoms with E-state index in [1.54, 1.807) is 0 Å². The standard InChI is InChI=1S/C57H49NS/c1-55(2,3)40-27-31-44(32-28-40)58(45-33-29-41(30-34-45)56(4,5)6)50-37-49-52(53-47-35-26-39(36-51(47)59-54(50)53)38-18-10-7-11-19-38)46-24-16-17-25-48(46)57(49,42-20-12-8-13-21-42)43-22-14-9-15-23-43/h7-37H,1-6H3. The molecule has 8 aromatic carbocycles. The van der Waals surface area contributed by atoms with Crippen molar-refractivity contribution in [3.8, 4) is 22.3 Å². The molecule has 2 heteroatoms. The Kier molecular flexibility index (Phi) is 8.78. The maximum absolute atomic E-state index is 2.56. The zero-order valence-corrected chi connectivity index (χ0v) is 35.6. The monoisotopic (exact) mass is 779 g/mol. The molecule has 10 rings (SSSR count). The van der Waals surface area contributed by atoms with Gasteiger partial charge in [-0.15, -0.1) is 11.3 Å². The first-order valence-electron chi connectivity index (χ1n) is 20.8. The van der Waals surface area contributed by atoms with Crippen LogP contribution in [0.3, 0.4) is 0 Å². The maximum atomic E-state index is 2.56. The fraction of sp³-hybridized carbons (Fsp3) is 0.158. The zero-order valence-electron chi connectivity index (χ0n) is 34.8. The van der Waals surface area contributed by atoms with Crippen LogP contribution in [-0.2, 0) is 16.2 Å². The predicted octanol–water partition coefficient (Wildman–Crippen LogP) is 16.1. The lowest BCUT2D eigenvalue weighted by Gasteiger charge is -2.35.